The van der Waals surface area contributed by atoms with E-state index >= 15 is 4.39 Å². The van der Waals surface area contributed by atoms with Gasteiger partial charge in [-0.15, -0.1) is 10.2 Å². The number of nitrogens with one attached hydrogen (secondary N) is 1. The molecule has 0 bridgehead atoms. The van der Waals surface area contributed by atoms with E-state index in [0.717, 1.165) is 12.1 Å². The average molecular weight is 1020 g/mol. The number of halogens is 6. The number of nitrogens with zero attached hydrogens (tertiary/aromatic N) is 6. The van der Waals surface area contributed by atoms with Crippen LogP contribution < -0.4 is 15.1 Å². The first-order valence-corrected chi connectivity index (χ1v) is 22.8. The number of aromatic nitrogens is 2. The lowest BCUT2D eigenvalue weighted by Crippen LogP contribution is -2.57. The Morgan fingerprint density at radius 3 is 1.51 bits per heavy atom. The summed E-state index contributed by atoms with van der Waals surface area (Å²) >= 11 is 0. The van der Waals surface area contributed by atoms with E-state index in [1.54, 1.807) is 108 Å². The van der Waals surface area contributed by atoms with E-state index in [9.17, 15) is 50.7 Å². The molecule has 0 saturated carbocycles. The van der Waals surface area contributed by atoms with Gasteiger partial charge in [-0.1, -0.05) is 54.6 Å². The number of alkyl halides is 4. The van der Waals surface area contributed by atoms with Gasteiger partial charge in [-0.2, -0.15) is 17.6 Å². The SMILES string of the molecule is CC(C)(C)OC(=O)N1CC(C(=O)N(Cc2ccc(-c3nnc(C(F)F)o3)cc2F)c2ccccc2)C1.CC(C)(C)OC(=O)N1CC(C(=O)N(Cc2ccc(C(=O)CNC(=O)C(F)F)cc2F)c2ccccc2)C1. The van der Waals surface area contributed by atoms with E-state index in [1.807, 2.05) is 0 Å². The van der Waals surface area contributed by atoms with Crippen molar-refractivity contribution >= 4 is 47.1 Å². The third-order valence-electron chi connectivity index (χ3n) is 11.0. The van der Waals surface area contributed by atoms with E-state index in [-0.39, 0.29) is 79.2 Å². The number of hydrogen-bond donors (Lipinski definition) is 1. The molecule has 3 heterocycles. The molecule has 0 aliphatic carbocycles. The Bertz CT molecular complexity index is 2780. The molecule has 4 aromatic carbocycles. The Morgan fingerprint density at radius 1 is 0.658 bits per heavy atom. The van der Waals surface area contributed by atoms with E-state index in [0.29, 0.717) is 11.4 Å². The van der Waals surface area contributed by atoms with Crippen LogP contribution in [0.2, 0.25) is 0 Å². The number of hydrogen-bond acceptors (Lipinski definition) is 11. The lowest BCUT2D eigenvalue weighted by molar-refractivity contribution is -0.131. The van der Waals surface area contributed by atoms with Crippen LogP contribution in [-0.4, -0.2) is 106 Å². The van der Waals surface area contributed by atoms with Crippen molar-refractivity contribution in [2.24, 2.45) is 11.8 Å². The second-order valence-electron chi connectivity index (χ2n) is 19.0. The second-order valence-corrected chi connectivity index (χ2v) is 19.0. The summed E-state index contributed by atoms with van der Waals surface area (Å²) in [7, 11) is 0. The summed E-state index contributed by atoms with van der Waals surface area (Å²) in [5, 5.41) is 8.56. The zero-order valence-corrected chi connectivity index (χ0v) is 40.6. The highest BCUT2D eigenvalue weighted by Gasteiger charge is 2.42. The van der Waals surface area contributed by atoms with Gasteiger partial charge in [0, 0.05) is 59.8 Å². The van der Waals surface area contributed by atoms with Crippen LogP contribution in [-0.2, 0) is 36.9 Å². The van der Waals surface area contributed by atoms with Crippen LogP contribution in [0.25, 0.3) is 11.5 Å². The normalized spacial score (nSPS) is 13.8. The molecule has 5 aromatic rings. The first-order valence-electron chi connectivity index (χ1n) is 22.8. The van der Waals surface area contributed by atoms with Crippen molar-refractivity contribution in [1.82, 2.24) is 25.3 Å². The van der Waals surface area contributed by atoms with E-state index in [2.05, 4.69) is 10.2 Å². The maximum atomic E-state index is 15.0. The molecule has 5 amide bonds. The van der Waals surface area contributed by atoms with Gasteiger partial charge >= 0.3 is 25.0 Å². The highest BCUT2D eigenvalue weighted by atomic mass is 19.3. The standard InChI is InChI=1S/C26H28F3N3O5.C25H25F3N4O4/c1-26(2,3)37-25(36)31-13-18(14-31)24(35)32(19-7-5-4-6-8-19)15-17-10-9-16(11-20(17)27)21(33)12-30-23(34)22(28)29;1-25(2,3)36-24(34)31-12-17(13-31)23(33)32(18-7-5-4-6-8-18)14-16-10-9-15(11-19(16)26)21-29-30-22(35-21)20(27)28/h4-11,18,22H,12-15H2,1-3H3,(H,30,34);4-11,17,20H,12-14H2,1-3H3. The average Bonchev–Trinajstić information content (AvgIpc) is 3.80. The van der Waals surface area contributed by atoms with Crippen molar-refractivity contribution in [1.29, 1.82) is 0 Å². The summed E-state index contributed by atoms with van der Waals surface area (Å²) in [4.78, 5) is 80.0. The van der Waals surface area contributed by atoms with Crippen LogP contribution in [0.3, 0.4) is 0 Å². The maximum absolute atomic E-state index is 15.0. The molecule has 0 unspecified atom stereocenters. The fourth-order valence-electron chi connectivity index (χ4n) is 7.25. The predicted molar refractivity (Wildman–Crippen MR) is 252 cm³/mol. The van der Waals surface area contributed by atoms with Crippen LogP contribution in [0, 0.1) is 23.5 Å². The number of ketones is 1. The zero-order chi connectivity index (χ0) is 53.4. The molecule has 16 nitrogen and oxygen atoms in total. The van der Waals surface area contributed by atoms with E-state index in [4.69, 9.17) is 13.9 Å². The molecular weight excluding hydrogens is 969 g/mol. The minimum Gasteiger partial charge on any atom is -0.444 e. The smallest absolute Gasteiger partial charge is 0.410 e. The summed E-state index contributed by atoms with van der Waals surface area (Å²) in [5.41, 5.74) is 0.135. The Morgan fingerprint density at radius 2 is 1.11 bits per heavy atom. The first-order chi connectivity index (χ1) is 34.4. The lowest BCUT2D eigenvalue weighted by atomic mass is 9.98. The number of Topliss-reactive ketones (excluding diaryl/α,β-unsaturated/α-hetero) is 1. The minimum absolute atomic E-state index is 0.0794. The van der Waals surface area contributed by atoms with Gasteiger partial charge in [0.15, 0.2) is 5.78 Å². The van der Waals surface area contributed by atoms with Crippen molar-refractivity contribution in [3.63, 3.8) is 0 Å². The minimum atomic E-state index is -3.26. The van der Waals surface area contributed by atoms with Crippen LogP contribution in [0.5, 0.6) is 0 Å². The summed E-state index contributed by atoms with van der Waals surface area (Å²) in [6, 6.07) is 25.0. The molecule has 2 aliphatic rings. The third-order valence-corrected chi connectivity index (χ3v) is 11.0. The van der Waals surface area contributed by atoms with Gasteiger partial charge in [0.2, 0.25) is 17.7 Å². The molecular formula is C51H53F6N7O9. The summed E-state index contributed by atoms with van der Waals surface area (Å²) in [6.45, 7) is 10.3. The molecule has 1 N–H and O–H groups in total. The molecule has 22 heteroatoms. The molecule has 2 aliphatic heterocycles. The number of carbonyl (C=O) groups is 6. The number of benzene rings is 4. The van der Waals surface area contributed by atoms with Gasteiger partial charge in [0.05, 0.1) is 31.5 Å². The van der Waals surface area contributed by atoms with Crippen molar-refractivity contribution < 1.29 is 69.0 Å². The van der Waals surface area contributed by atoms with Crippen molar-refractivity contribution in [2.75, 3.05) is 42.5 Å². The molecule has 2 saturated heterocycles. The molecule has 2 fully saturated rings. The molecule has 7 rings (SSSR count). The van der Waals surface area contributed by atoms with Gasteiger partial charge in [-0.05, 0) is 84.0 Å². The fourth-order valence-corrected chi connectivity index (χ4v) is 7.25. The van der Waals surface area contributed by atoms with Gasteiger partial charge in [-0.3, -0.25) is 19.2 Å². The number of anilines is 2. The monoisotopic (exact) mass is 1020 g/mol. The maximum Gasteiger partial charge on any atom is 0.410 e. The Balaban J connectivity index is 0.000000238. The molecule has 73 heavy (non-hydrogen) atoms. The molecule has 388 valence electrons. The van der Waals surface area contributed by atoms with Crippen LogP contribution in [0.15, 0.2) is 101 Å². The second kappa shape index (κ2) is 23.2. The summed E-state index contributed by atoms with van der Waals surface area (Å²) in [5.74, 6) is -6.40. The number of rotatable bonds is 14. The number of ether oxygens (including phenoxy) is 2. The Labute approximate surface area is 416 Å². The summed E-state index contributed by atoms with van der Waals surface area (Å²) in [6.07, 6.45) is -7.20. The molecule has 0 atom stereocenters. The topological polar surface area (TPSA) is 185 Å². The van der Waals surface area contributed by atoms with E-state index in [1.165, 1.54) is 43.9 Å². The first kappa shape index (κ1) is 54.6. The quantitative estimate of drug-likeness (QED) is 0.0827. The van der Waals surface area contributed by atoms with Gasteiger partial charge in [0.1, 0.15) is 22.8 Å². The van der Waals surface area contributed by atoms with Crippen LogP contribution in [0.1, 0.15) is 75.3 Å². The highest BCUT2D eigenvalue weighted by Crippen LogP contribution is 2.30. The number of amides is 5. The Hall–Kier alpha value is -7.78. The van der Waals surface area contributed by atoms with Gasteiger partial charge in [-0.25, -0.2) is 18.4 Å². The lowest BCUT2D eigenvalue weighted by Gasteiger charge is -2.41. The number of para-hydroxylation sites is 2. The van der Waals surface area contributed by atoms with Gasteiger partial charge < -0.3 is 38.8 Å². The third kappa shape index (κ3) is 14.7. The highest BCUT2D eigenvalue weighted by molar-refractivity contribution is 6.00. The predicted octanol–water partition coefficient (Wildman–Crippen LogP) is 9.00. The molecule has 1 aromatic heterocycles. The summed E-state index contributed by atoms with van der Waals surface area (Å²) < 4.78 is 95.5. The zero-order valence-electron chi connectivity index (χ0n) is 40.6. The largest absolute Gasteiger partial charge is 0.444 e. The van der Waals surface area contributed by atoms with Crippen molar-refractivity contribution in [2.45, 2.75) is 78.7 Å². The fraction of sp³-hybridized carbons (Fsp3) is 0.373. The van der Waals surface area contributed by atoms with Gasteiger partial charge in [0.25, 0.3) is 11.8 Å². The molecule has 0 radical (unpaired) electrons. The van der Waals surface area contributed by atoms with Crippen LogP contribution in [0.4, 0.5) is 47.3 Å². The van der Waals surface area contributed by atoms with Crippen LogP contribution >= 0.6 is 0 Å². The Kier molecular flexibility index (Phi) is 17.3. The number of likely N-dealkylation sites (tertiary alicyclic amines) is 2. The molecule has 0 spiro atoms. The van der Waals surface area contributed by atoms with Crippen molar-refractivity contribution in [3.05, 3.63) is 131 Å². The van der Waals surface area contributed by atoms with E-state index < -0.39 is 83.8 Å². The number of carbonyl (C=O) groups excluding carboxylic acids is 6. The van der Waals surface area contributed by atoms with Crippen molar-refractivity contribution in [3.8, 4) is 11.5 Å².